The Morgan fingerprint density at radius 2 is 1.78 bits per heavy atom. The lowest BCUT2D eigenvalue weighted by molar-refractivity contribution is 0.122. The summed E-state index contributed by atoms with van der Waals surface area (Å²) in [5.41, 5.74) is 3.87. The van der Waals surface area contributed by atoms with Gasteiger partial charge in [-0.15, -0.1) is 0 Å². The molecule has 27 heavy (non-hydrogen) atoms. The van der Waals surface area contributed by atoms with Crippen LogP contribution in [0.5, 0.6) is 0 Å². The van der Waals surface area contributed by atoms with Gasteiger partial charge in [-0.1, -0.05) is 48.0 Å². The average Bonchev–Trinajstić information content (AvgIpc) is 2.72. The minimum atomic E-state index is 0.690. The van der Waals surface area contributed by atoms with Gasteiger partial charge in [-0.3, -0.25) is 0 Å². The van der Waals surface area contributed by atoms with Gasteiger partial charge in [0.25, 0.3) is 0 Å². The van der Waals surface area contributed by atoms with E-state index in [2.05, 4.69) is 22.3 Å². The second-order valence-corrected chi connectivity index (χ2v) is 6.85. The Balaban J connectivity index is 1.74. The molecule has 4 rings (SSSR count). The summed E-state index contributed by atoms with van der Waals surface area (Å²) >= 11 is 6.27. The Labute approximate surface area is 164 Å². The van der Waals surface area contributed by atoms with Gasteiger partial charge in [0.05, 0.1) is 18.9 Å². The standard InChI is InChI=1S/C21H21ClN4O/c1-15-17(22)8-5-9-18(15)23-20-14-19(16-6-3-2-4-7-16)24-21(25-20)26-10-12-27-13-11-26/h2-9,14H,10-13H2,1H3,(H,23,24,25). The average molecular weight is 381 g/mol. The topological polar surface area (TPSA) is 50.3 Å². The molecule has 0 saturated carbocycles. The molecule has 2 heterocycles. The molecular weight excluding hydrogens is 360 g/mol. The third kappa shape index (κ3) is 4.04. The van der Waals surface area contributed by atoms with Crippen molar-refractivity contribution in [2.24, 2.45) is 0 Å². The summed E-state index contributed by atoms with van der Waals surface area (Å²) in [4.78, 5) is 11.7. The Morgan fingerprint density at radius 1 is 1.00 bits per heavy atom. The molecule has 1 aliphatic rings. The summed E-state index contributed by atoms with van der Waals surface area (Å²) in [5.74, 6) is 1.46. The van der Waals surface area contributed by atoms with Crippen molar-refractivity contribution in [2.75, 3.05) is 36.5 Å². The fourth-order valence-corrected chi connectivity index (χ4v) is 3.22. The number of anilines is 3. The number of aromatic nitrogens is 2. The number of nitrogens with zero attached hydrogens (tertiary/aromatic N) is 3. The highest BCUT2D eigenvalue weighted by Gasteiger charge is 2.17. The molecular formula is C21H21ClN4O. The van der Waals surface area contributed by atoms with Gasteiger partial charge >= 0.3 is 0 Å². The maximum atomic E-state index is 6.27. The summed E-state index contributed by atoms with van der Waals surface area (Å²) in [7, 11) is 0. The summed E-state index contributed by atoms with van der Waals surface area (Å²) < 4.78 is 5.46. The van der Waals surface area contributed by atoms with E-state index in [-0.39, 0.29) is 0 Å². The number of benzene rings is 2. The van der Waals surface area contributed by atoms with E-state index in [1.807, 2.05) is 49.4 Å². The van der Waals surface area contributed by atoms with E-state index in [9.17, 15) is 0 Å². The molecule has 1 N–H and O–H groups in total. The molecule has 1 aliphatic heterocycles. The molecule has 0 bridgehead atoms. The van der Waals surface area contributed by atoms with Crippen LogP contribution in [0.2, 0.25) is 5.02 Å². The number of hydrogen-bond acceptors (Lipinski definition) is 5. The highest BCUT2D eigenvalue weighted by Crippen LogP contribution is 2.28. The van der Waals surface area contributed by atoms with Crippen LogP contribution in [0.15, 0.2) is 54.6 Å². The van der Waals surface area contributed by atoms with Gasteiger partial charge < -0.3 is 15.0 Å². The monoisotopic (exact) mass is 380 g/mol. The van der Waals surface area contributed by atoms with Crippen LogP contribution in [-0.2, 0) is 4.74 Å². The van der Waals surface area contributed by atoms with Crippen molar-refractivity contribution in [3.8, 4) is 11.3 Å². The van der Waals surface area contributed by atoms with Crippen LogP contribution in [0.4, 0.5) is 17.5 Å². The first-order valence-corrected chi connectivity index (χ1v) is 9.38. The van der Waals surface area contributed by atoms with E-state index in [1.54, 1.807) is 0 Å². The molecule has 0 unspecified atom stereocenters. The van der Waals surface area contributed by atoms with Crippen molar-refractivity contribution in [1.29, 1.82) is 0 Å². The van der Waals surface area contributed by atoms with Gasteiger partial charge in [0.15, 0.2) is 0 Å². The highest BCUT2D eigenvalue weighted by atomic mass is 35.5. The first-order chi connectivity index (χ1) is 13.2. The van der Waals surface area contributed by atoms with E-state index in [0.717, 1.165) is 46.4 Å². The predicted octanol–water partition coefficient (Wildman–Crippen LogP) is 4.69. The van der Waals surface area contributed by atoms with Gasteiger partial charge in [-0.2, -0.15) is 4.98 Å². The molecule has 0 spiro atoms. The lowest BCUT2D eigenvalue weighted by Gasteiger charge is -2.27. The molecule has 0 atom stereocenters. The number of hydrogen-bond donors (Lipinski definition) is 1. The zero-order chi connectivity index (χ0) is 18.6. The Bertz CT molecular complexity index is 927. The summed E-state index contributed by atoms with van der Waals surface area (Å²) in [6.45, 7) is 4.94. The minimum absolute atomic E-state index is 0.690. The van der Waals surface area contributed by atoms with Crippen LogP contribution in [0.3, 0.4) is 0 Å². The van der Waals surface area contributed by atoms with Crippen molar-refractivity contribution in [3.63, 3.8) is 0 Å². The molecule has 1 aromatic heterocycles. The zero-order valence-corrected chi connectivity index (χ0v) is 15.9. The molecule has 2 aromatic carbocycles. The maximum Gasteiger partial charge on any atom is 0.228 e. The lowest BCUT2D eigenvalue weighted by Crippen LogP contribution is -2.37. The maximum absolute atomic E-state index is 6.27. The number of nitrogens with one attached hydrogen (secondary N) is 1. The van der Waals surface area contributed by atoms with Crippen LogP contribution >= 0.6 is 11.6 Å². The first-order valence-electron chi connectivity index (χ1n) is 9.00. The molecule has 1 fully saturated rings. The fourth-order valence-electron chi connectivity index (χ4n) is 3.04. The predicted molar refractivity (Wildman–Crippen MR) is 110 cm³/mol. The Kier molecular flexibility index (Phi) is 5.23. The minimum Gasteiger partial charge on any atom is -0.378 e. The van der Waals surface area contributed by atoms with Crippen molar-refractivity contribution >= 4 is 29.1 Å². The van der Waals surface area contributed by atoms with Crippen LogP contribution in [0.1, 0.15) is 5.56 Å². The third-order valence-electron chi connectivity index (χ3n) is 4.61. The number of morpholine rings is 1. The Morgan fingerprint density at radius 3 is 2.56 bits per heavy atom. The van der Waals surface area contributed by atoms with E-state index < -0.39 is 0 Å². The van der Waals surface area contributed by atoms with Crippen molar-refractivity contribution in [2.45, 2.75) is 6.92 Å². The van der Waals surface area contributed by atoms with Gasteiger partial charge in [0.2, 0.25) is 5.95 Å². The van der Waals surface area contributed by atoms with Gasteiger partial charge in [0.1, 0.15) is 5.82 Å². The zero-order valence-electron chi connectivity index (χ0n) is 15.2. The first kappa shape index (κ1) is 17.8. The molecule has 138 valence electrons. The molecule has 1 saturated heterocycles. The lowest BCUT2D eigenvalue weighted by atomic mass is 10.1. The summed E-state index contributed by atoms with van der Waals surface area (Å²) in [6.07, 6.45) is 0. The highest BCUT2D eigenvalue weighted by molar-refractivity contribution is 6.31. The van der Waals surface area contributed by atoms with E-state index >= 15 is 0 Å². The van der Waals surface area contributed by atoms with Crippen molar-refractivity contribution in [1.82, 2.24) is 9.97 Å². The molecule has 0 aliphatic carbocycles. The van der Waals surface area contributed by atoms with Crippen LogP contribution in [0.25, 0.3) is 11.3 Å². The van der Waals surface area contributed by atoms with Gasteiger partial charge in [-0.05, 0) is 24.6 Å². The smallest absolute Gasteiger partial charge is 0.228 e. The number of ether oxygens (including phenoxy) is 1. The second kappa shape index (κ2) is 7.94. The quantitative estimate of drug-likeness (QED) is 0.711. The van der Waals surface area contributed by atoms with Crippen LogP contribution in [-0.4, -0.2) is 36.3 Å². The molecule has 6 heteroatoms. The van der Waals surface area contributed by atoms with Gasteiger partial charge in [-0.25, -0.2) is 4.98 Å². The normalized spacial score (nSPS) is 14.2. The second-order valence-electron chi connectivity index (χ2n) is 6.44. The van der Waals surface area contributed by atoms with Crippen LogP contribution in [0, 0.1) is 6.92 Å². The molecule has 5 nitrogen and oxygen atoms in total. The van der Waals surface area contributed by atoms with Gasteiger partial charge in [0, 0.05) is 35.4 Å². The summed E-state index contributed by atoms with van der Waals surface area (Å²) in [5, 5.41) is 4.14. The van der Waals surface area contributed by atoms with E-state index in [0.29, 0.717) is 19.2 Å². The van der Waals surface area contributed by atoms with E-state index in [4.69, 9.17) is 26.3 Å². The summed E-state index contributed by atoms with van der Waals surface area (Å²) in [6, 6.07) is 17.9. The molecule has 3 aromatic rings. The Hall–Kier alpha value is -2.63. The van der Waals surface area contributed by atoms with E-state index in [1.165, 1.54) is 0 Å². The van der Waals surface area contributed by atoms with Crippen molar-refractivity contribution < 1.29 is 4.74 Å². The largest absolute Gasteiger partial charge is 0.378 e. The van der Waals surface area contributed by atoms with Crippen LogP contribution < -0.4 is 10.2 Å². The SMILES string of the molecule is Cc1c(Cl)cccc1Nc1cc(-c2ccccc2)nc(N2CCOCC2)n1. The number of rotatable bonds is 4. The molecule has 0 amide bonds. The molecule has 0 radical (unpaired) electrons. The third-order valence-corrected chi connectivity index (χ3v) is 5.02. The number of halogens is 1. The van der Waals surface area contributed by atoms with Crippen molar-refractivity contribution in [3.05, 3.63) is 65.2 Å². The fraction of sp³-hybridized carbons (Fsp3) is 0.238.